The molecule has 0 spiro atoms. The number of nitrogens with zero attached hydrogens (tertiary/aromatic N) is 8. The molecule has 0 amide bonds. The standard InChI is InChI=1S/C20H22N8O10/c1-23-7-11(25(3)19(35)27(5)13(7)31)21-17(23)37-15(33)9(29)10(30)16(34)38-18-22-12-8(24(18)2)14(32)28(6)20(36)26(12)4/h9-10,29-30H,1-6H3. The van der Waals surface area contributed by atoms with Crippen molar-refractivity contribution in [3.63, 3.8) is 0 Å². The molecule has 0 aliphatic rings. The topological polar surface area (TPSA) is 217 Å². The number of aliphatic hydroxyl groups excluding tert-OH is 2. The average Bonchev–Trinajstić information content (AvgIpc) is 3.39. The molecule has 2 atom stereocenters. The number of rotatable bonds is 5. The predicted octanol–water partition coefficient (Wildman–Crippen LogP) is -4.51. The minimum Gasteiger partial charge on any atom is -0.390 e. The lowest BCUT2D eigenvalue weighted by Crippen LogP contribution is -2.44. The minimum absolute atomic E-state index is 0.0887. The first kappa shape index (κ1) is 26.2. The number of hydrogen-bond acceptors (Lipinski definition) is 12. The first-order valence-electron chi connectivity index (χ1n) is 10.7. The van der Waals surface area contributed by atoms with Crippen molar-refractivity contribution in [3.05, 3.63) is 41.7 Å². The second kappa shape index (κ2) is 8.92. The molecule has 0 aromatic carbocycles. The Labute approximate surface area is 209 Å². The maximum atomic E-state index is 12.5. The molecular formula is C20H22N8O10. The smallest absolute Gasteiger partial charge is 0.346 e. The molecule has 4 aromatic rings. The van der Waals surface area contributed by atoms with E-state index in [0.717, 1.165) is 27.4 Å². The molecule has 18 heteroatoms. The predicted molar refractivity (Wildman–Crippen MR) is 126 cm³/mol. The van der Waals surface area contributed by atoms with Crippen LogP contribution in [0.2, 0.25) is 0 Å². The summed E-state index contributed by atoms with van der Waals surface area (Å²) < 4.78 is 15.7. The van der Waals surface area contributed by atoms with Crippen LogP contribution in [0, 0.1) is 0 Å². The van der Waals surface area contributed by atoms with Crippen molar-refractivity contribution in [2.75, 3.05) is 0 Å². The van der Waals surface area contributed by atoms with Gasteiger partial charge in [-0.2, -0.15) is 9.97 Å². The monoisotopic (exact) mass is 534 g/mol. The lowest BCUT2D eigenvalue weighted by molar-refractivity contribution is -0.163. The Hall–Kier alpha value is -4.84. The Bertz CT molecular complexity index is 1760. The van der Waals surface area contributed by atoms with Crippen molar-refractivity contribution in [3.8, 4) is 12.0 Å². The van der Waals surface area contributed by atoms with Crippen LogP contribution in [0.1, 0.15) is 0 Å². The van der Waals surface area contributed by atoms with Gasteiger partial charge in [-0.05, 0) is 0 Å². The van der Waals surface area contributed by atoms with Crippen LogP contribution in [0.25, 0.3) is 22.3 Å². The fourth-order valence-electron chi connectivity index (χ4n) is 3.74. The largest absolute Gasteiger partial charge is 0.390 e. The van der Waals surface area contributed by atoms with Crippen molar-refractivity contribution in [1.82, 2.24) is 37.4 Å². The van der Waals surface area contributed by atoms with Gasteiger partial charge in [0.15, 0.2) is 34.5 Å². The fourth-order valence-corrected chi connectivity index (χ4v) is 3.74. The number of aryl methyl sites for hydroxylation is 4. The lowest BCUT2D eigenvalue weighted by atomic mass is 10.2. The maximum Gasteiger partial charge on any atom is 0.346 e. The molecule has 0 saturated carbocycles. The lowest BCUT2D eigenvalue weighted by Gasteiger charge is -2.15. The number of imidazole rings is 2. The number of aliphatic hydroxyl groups is 2. The van der Waals surface area contributed by atoms with Gasteiger partial charge in [0.1, 0.15) is 0 Å². The number of fused-ring (bicyclic) bond motifs is 2. The number of aromatic nitrogens is 8. The average molecular weight is 534 g/mol. The zero-order valence-corrected chi connectivity index (χ0v) is 20.9. The maximum absolute atomic E-state index is 12.5. The van der Waals surface area contributed by atoms with E-state index in [4.69, 9.17) is 9.47 Å². The summed E-state index contributed by atoms with van der Waals surface area (Å²) in [5, 5.41) is 20.4. The summed E-state index contributed by atoms with van der Waals surface area (Å²) in [7, 11) is 7.79. The number of hydrogen-bond donors (Lipinski definition) is 2. The van der Waals surface area contributed by atoms with E-state index in [1.807, 2.05) is 0 Å². The van der Waals surface area contributed by atoms with Crippen molar-refractivity contribution < 1.29 is 29.3 Å². The number of carbonyl (C=O) groups is 2. The summed E-state index contributed by atoms with van der Waals surface area (Å²) in [5.41, 5.74) is -3.21. The number of esters is 2. The number of carbonyl (C=O) groups excluding carboxylic acids is 2. The van der Waals surface area contributed by atoms with Crippen LogP contribution in [0.15, 0.2) is 19.2 Å². The number of ether oxygens (including phenoxy) is 2. The zero-order valence-electron chi connectivity index (χ0n) is 20.9. The summed E-state index contributed by atoms with van der Waals surface area (Å²) in [5.74, 6) is -3.06. The highest BCUT2D eigenvalue weighted by molar-refractivity contribution is 5.87. The van der Waals surface area contributed by atoms with E-state index >= 15 is 0 Å². The van der Waals surface area contributed by atoms with Crippen LogP contribution < -0.4 is 32.0 Å². The van der Waals surface area contributed by atoms with Crippen LogP contribution in [0.5, 0.6) is 12.0 Å². The Kier molecular flexibility index (Phi) is 6.16. The molecule has 0 radical (unpaired) electrons. The first-order valence-corrected chi connectivity index (χ1v) is 10.7. The summed E-state index contributed by atoms with van der Waals surface area (Å²) in [6.07, 6.45) is -4.94. The Morgan fingerprint density at radius 1 is 0.605 bits per heavy atom. The third-order valence-corrected chi connectivity index (χ3v) is 6.03. The van der Waals surface area contributed by atoms with E-state index in [0.29, 0.717) is 0 Å². The normalized spacial score (nSPS) is 13.2. The van der Waals surface area contributed by atoms with E-state index in [9.17, 15) is 39.0 Å². The van der Waals surface area contributed by atoms with Gasteiger partial charge in [0.2, 0.25) is 0 Å². The Morgan fingerprint density at radius 3 is 1.24 bits per heavy atom. The summed E-state index contributed by atoms with van der Waals surface area (Å²) in [4.78, 5) is 81.9. The van der Waals surface area contributed by atoms with E-state index in [1.165, 1.54) is 42.3 Å². The molecule has 4 aromatic heterocycles. The molecule has 4 rings (SSSR count). The molecule has 2 unspecified atom stereocenters. The van der Waals surface area contributed by atoms with Gasteiger partial charge in [-0.15, -0.1) is 0 Å². The van der Waals surface area contributed by atoms with Gasteiger partial charge in [0, 0.05) is 42.3 Å². The van der Waals surface area contributed by atoms with Gasteiger partial charge in [0.05, 0.1) is 0 Å². The molecular weight excluding hydrogens is 512 g/mol. The molecule has 0 saturated heterocycles. The van der Waals surface area contributed by atoms with E-state index in [-0.39, 0.29) is 22.3 Å². The van der Waals surface area contributed by atoms with Crippen molar-refractivity contribution in [1.29, 1.82) is 0 Å². The molecule has 4 heterocycles. The quantitative estimate of drug-likeness (QED) is 0.232. The van der Waals surface area contributed by atoms with Crippen molar-refractivity contribution in [2.45, 2.75) is 12.2 Å². The highest BCUT2D eigenvalue weighted by atomic mass is 16.6. The third kappa shape index (κ3) is 3.73. The summed E-state index contributed by atoms with van der Waals surface area (Å²) >= 11 is 0. The molecule has 38 heavy (non-hydrogen) atoms. The molecule has 0 aliphatic carbocycles. The van der Waals surface area contributed by atoms with Crippen LogP contribution in [0.3, 0.4) is 0 Å². The Morgan fingerprint density at radius 2 is 0.921 bits per heavy atom. The molecule has 2 N–H and O–H groups in total. The van der Waals surface area contributed by atoms with E-state index in [2.05, 4.69) is 9.97 Å². The molecule has 18 nitrogen and oxygen atoms in total. The first-order chi connectivity index (χ1) is 17.7. The molecule has 0 aliphatic heterocycles. The minimum atomic E-state index is -2.47. The van der Waals surface area contributed by atoms with Gasteiger partial charge in [-0.25, -0.2) is 19.2 Å². The Balaban J connectivity index is 1.59. The molecule has 202 valence electrons. The molecule has 0 fully saturated rings. The molecule has 0 bridgehead atoms. The fraction of sp³-hybridized carbons (Fsp3) is 0.400. The van der Waals surface area contributed by atoms with Crippen LogP contribution in [0.4, 0.5) is 0 Å². The van der Waals surface area contributed by atoms with Gasteiger partial charge in [-0.1, -0.05) is 0 Å². The second-order valence-electron chi connectivity index (χ2n) is 8.39. The second-order valence-corrected chi connectivity index (χ2v) is 8.39. The van der Waals surface area contributed by atoms with Crippen LogP contribution in [-0.2, 0) is 51.9 Å². The third-order valence-electron chi connectivity index (χ3n) is 6.03. The van der Waals surface area contributed by atoms with Gasteiger partial charge in [-0.3, -0.25) is 37.0 Å². The summed E-state index contributed by atoms with van der Waals surface area (Å²) in [6, 6.07) is -1.01. The van der Waals surface area contributed by atoms with Crippen LogP contribution in [-0.4, -0.2) is 71.7 Å². The highest BCUT2D eigenvalue weighted by Crippen LogP contribution is 2.18. The highest BCUT2D eigenvalue weighted by Gasteiger charge is 2.35. The zero-order chi connectivity index (χ0) is 28.4. The van der Waals surface area contributed by atoms with Crippen molar-refractivity contribution in [2.24, 2.45) is 42.3 Å². The van der Waals surface area contributed by atoms with Crippen LogP contribution >= 0.6 is 0 Å². The van der Waals surface area contributed by atoms with Gasteiger partial charge in [0.25, 0.3) is 11.1 Å². The summed E-state index contributed by atoms with van der Waals surface area (Å²) in [6.45, 7) is 0. The van der Waals surface area contributed by atoms with E-state index in [1.54, 1.807) is 0 Å². The SMILES string of the molecule is Cn1c(=O)c2c(nc(OC(=O)C(O)C(O)C(=O)Oc3nc4c(c(=O)n(C)c(=O)n4C)n3C)n2C)n(C)c1=O. The van der Waals surface area contributed by atoms with Crippen molar-refractivity contribution >= 4 is 34.3 Å². The van der Waals surface area contributed by atoms with Gasteiger partial charge < -0.3 is 19.7 Å². The van der Waals surface area contributed by atoms with Gasteiger partial charge >= 0.3 is 35.3 Å². The van der Waals surface area contributed by atoms with E-state index < -0.39 is 58.7 Å².